The average Bonchev–Trinajstić information content (AvgIpc) is 3.67. The van der Waals surface area contributed by atoms with Gasteiger partial charge in [0.15, 0.2) is 0 Å². The van der Waals surface area contributed by atoms with Gasteiger partial charge in [0.1, 0.15) is 28.1 Å². The molecule has 0 spiro atoms. The second-order valence-electron chi connectivity index (χ2n) is 10.6. The highest BCUT2D eigenvalue weighted by Crippen LogP contribution is 2.38. The number of rotatable bonds is 9. The number of ether oxygens (including phenoxy) is 2. The molecular formula is C33H36N4O4S. The van der Waals surface area contributed by atoms with Crippen molar-refractivity contribution in [1.29, 1.82) is 0 Å². The summed E-state index contributed by atoms with van der Waals surface area (Å²) in [5.41, 5.74) is 11.4. The Morgan fingerprint density at radius 2 is 1.57 bits per heavy atom. The van der Waals surface area contributed by atoms with E-state index < -0.39 is 6.04 Å². The maximum absolute atomic E-state index is 14.6. The Bertz CT molecular complexity index is 1560. The Labute approximate surface area is 250 Å². The van der Waals surface area contributed by atoms with Crippen molar-refractivity contribution in [1.82, 2.24) is 9.69 Å². The van der Waals surface area contributed by atoms with Gasteiger partial charge in [-0.2, -0.15) is 4.37 Å². The van der Waals surface area contributed by atoms with Crippen LogP contribution in [-0.4, -0.2) is 36.4 Å². The standard InChI is InChI=1S/C33H36N4O4S/c1-20-8-7-11-27(21(20)2)37(33(39)31-28(34)29(36-42-31)22-12-16-25(40-3)17-13-22)30(23-14-18-26(41-4)19-15-23)32(38)35-24-9-5-6-10-24/h7-8,11-19,24,30H,5-6,9-10,34H2,1-4H3,(H,35,38). The molecule has 1 saturated carbocycles. The summed E-state index contributed by atoms with van der Waals surface area (Å²) in [7, 11) is 3.20. The number of methoxy groups -OCH3 is 2. The average molecular weight is 585 g/mol. The second-order valence-corrected chi connectivity index (χ2v) is 11.3. The van der Waals surface area contributed by atoms with E-state index in [4.69, 9.17) is 15.2 Å². The number of benzene rings is 3. The van der Waals surface area contributed by atoms with E-state index in [9.17, 15) is 9.59 Å². The summed E-state index contributed by atoms with van der Waals surface area (Å²) in [5.74, 6) is 0.746. The van der Waals surface area contributed by atoms with Crippen molar-refractivity contribution in [2.75, 3.05) is 24.9 Å². The van der Waals surface area contributed by atoms with E-state index in [0.29, 0.717) is 28.4 Å². The first kappa shape index (κ1) is 29.1. The van der Waals surface area contributed by atoms with Crippen LogP contribution in [0.25, 0.3) is 11.3 Å². The zero-order valence-electron chi connectivity index (χ0n) is 24.3. The molecule has 5 rings (SSSR count). The largest absolute Gasteiger partial charge is 0.497 e. The topological polar surface area (TPSA) is 107 Å². The van der Waals surface area contributed by atoms with Gasteiger partial charge in [-0.05, 0) is 97.4 Å². The highest BCUT2D eigenvalue weighted by Gasteiger charge is 2.37. The predicted octanol–water partition coefficient (Wildman–Crippen LogP) is 6.47. The Kier molecular flexibility index (Phi) is 8.77. The number of carbonyl (C=O) groups excluding carboxylic acids is 2. The van der Waals surface area contributed by atoms with Crippen LogP contribution in [0.15, 0.2) is 66.7 Å². The normalized spacial score (nSPS) is 13.9. The lowest BCUT2D eigenvalue weighted by atomic mass is 9.99. The lowest BCUT2D eigenvalue weighted by Crippen LogP contribution is -2.46. The molecule has 4 aromatic rings. The Morgan fingerprint density at radius 3 is 2.19 bits per heavy atom. The molecule has 0 saturated heterocycles. The summed E-state index contributed by atoms with van der Waals surface area (Å²) in [6, 6.07) is 19.5. The molecule has 0 radical (unpaired) electrons. The van der Waals surface area contributed by atoms with E-state index in [0.717, 1.165) is 53.9 Å². The Balaban J connectivity index is 1.63. The smallest absolute Gasteiger partial charge is 0.273 e. The summed E-state index contributed by atoms with van der Waals surface area (Å²) in [4.78, 5) is 30.7. The van der Waals surface area contributed by atoms with Crippen LogP contribution < -0.4 is 25.4 Å². The Morgan fingerprint density at radius 1 is 0.952 bits per heavy atom. The summed E-state index contributed by atoms with van der Waals surface area (Å²) < 4.78 is 15.2. The van der Waals surface area contributed by atoms with Gasteiger partial charge in [-0.1, -0.05) is 37.1 Å². The summed E-state index contributed by atoms with van der Waals surface area (Å²) in [5, 5.41) is 3.23. The van der Waals surface area contributed by atoms with Crippen molar-refractivity contribution in [3.8, 4) is 22.8 Å². The summed E-state index contributed by atoms with van der Waals surface area (Å²) >= 11 is 1.04. The molecule has 1 unspecified atom stereocenters. The van der Waals surface area contributed by atoms with E-state index >= 15 is 0 Å². The first-order chi connectivity index (χ1) is 20.3. The molecule has 0 aliphatic heterocycles. The van der Waals surface area contributed by atoms with Crippen LogP contribution in [0.2, 0.25) is 0 Å². The molecule has 1 atom stereocenters. The monoisotopic (exact) mass is 584 g/mol. The number of nitrogens with two attached hydrogens (primary N) is 1. The van der Waals surface area contributed by atoms with E-state index in [1.165, 1.54) is 0 Å². The van der Waals surface area contributed by atoms with Crippen LogP contribution in [0.4, 0.5) is 11.4 Å². The number of amides is 2. The molecule has 218 valence electrons. The molecule has 3 aromatic carbocycles. The third kappa shape index (κ3) is 5.83. The van der Waals surface area contributed by atoms with Crippen molar-refractivity contribution in [3.05, 3.63) is 88.3 Å². The van der Waals surface area contributed by atoms with Crippen molar-refractivity contribution < 1.29 is 19.1 Å². The van der Waals surface area contributed by atoms with Crippen LogP contribution in [0, 0.1) is 13.8 Å². The van der Waals surface area contributed by atoms with Gasteiger partial charge in [0.25, 0.3) is 5.91 Å². The third-order valence-corrected chi connectivity index (χ3v) is 8.83. The van der Waals surface area contributed by atoms with Crippen molar-refractivity contribution in [2.45, 2.75) is 51.6 Å². The van der Waals surface area contributed by atoms with Crippen LogP contribution in [0.5, 0.6) is 11.5 Å². The number of nitrogen functional groups attached to an aromatic ring is 1. The first-order valence-electron chi connectivity index (χ1n) is 14.1. The number of nitrogens with zero attached hydrogens (tertiary/aromatic N) is 2. The van der Waals surface area contributed by atoms with E-state index in [1.54, 1.807) is 31.3 Å². The molecule has 1 aromatic heterocycles. The molecule has 9 heteroatoms. The number of carbonyl (C=O) groups is 2. The van der Waals surface area contributed by atoms with Gasteiger partial charge < -0.3 is 20.5 Å². The fraction of sp³-hybridized carbons (Fsp3) is 0.303. The van der Waals surface area contributed by atoms with E-state index in [2.05, 4.69) is 9.69 Å². The van der Waals surface area contributed by atoms with Crippen LogP contribution in [-0.2, 0) is 4.79 Å². The van der Waals surface area contributed by atoms with Crippen molar-refractivity contribution in [2.24, 2.45) is 0 Å². The van der Waals surface area contributed by atoms with E-state index in [1.807, 2.05) is 68.4 Å². The minimum atomic E-state index is -0.949. The number of aromatic nitrogens is 1. The minimum absolute atomic E-state index is 0.0731. The van der Waals surface area contributed by atoms with Crippen LogP contribution >= 0.6 is 11.5 Å². The molecule has 1 aliphatic rings. The zero-order valence-corrected chi connectivity index (χ0v) is 25.2. The predicted molar refractivity (Wildman–Crippen MR) is 167 cm³/mol. The van der Waals surface area contributed by atoms with Gasteiger partial charge in [0.05, 0.1) is 19.9 Å². The molecule has 1 fully saturated rings. The fourth-order valence-electron chi connectivity index (χ4n) is 5.43. The molecule has 2 amide bonds. The summed E-state index contributed by atoms with van der Waals surface area (Å²) in [6.45, 7) is 3.95. The molecular weight excluding hydrogens is 548 g/mol. The third-order valence-electron chi connectivity index (χ3n) is 7.98. The number of hydrogen-bond acceptors (Lipinski definition) is 7. The van der Waals surface area contributed by atoms with Gasteiger partial charge in [-0.25, -0.2) is 0 Å². The quantitative estimate of drug-likeness (QED) is 0.233. The lowest BCUT2D eigenvalue weighted by molar-refractivity contribution is -0.123. The lowest BCUT2D eigenvalue weighted by Gasteiger charge is -2.33. The highest BCUT2D eigenvalue weighted by atomic mass is 32.1. The molecule has 3 N–H and O–H groups in total. The van der Waals surface area contributed by atoms with Gasteiger partial charge in [0, 0.05) is 17.3 Å². The van der Waals surface area contributed by atoms with Gasteiger partial charge in [0.2, 0.25) is 5.91 Å². The molecule has 42 heavy (non-hydrogen) atoms. The number of nitrogens with one attached hydrogen (secondary N) is 1. The molecule has 0 bridgehead atoms. The highest BCUT2D eigenvalue weighted by molar-refractivity contribution is 7.09. The maximum Gasteiger partial charge on any atom is 0.273 e. The number of hydrogen-bond donors (Lipinski definition) is 2. The number of anilines is 2. The van der Waals surface area contributed by atoms with Crippen LogP contribution in [0.1, 0.15) is 58.1 Å². The van der Waals surface area contributed by atoms with Gasteiger partial charge in [-0.15, -0.1) is 0 Å². The number of aryl methyl sites for hydroxylation is 1. The first-order valence-corrected chi connectivity index (χ1v) is 14.8. The Hall–Kier alpha value is -4.37. The SMILES string of the molecule is COc1ccc(-c2nsc(C(=O)N(c3cccc(C)c3C)C(C(=O)NC3CCCC3)c3ccc(OC)cc3)c2N)cc1. The molecule has 8 nitrogen and oxygen atoms in total. The maximum atomic E-state index is 14.6. The second kappa shape index (κ2) is 12.7. The minimum Gasteiger partial charge on any atom is -0.497 e. The zero-order chi connectivity index (χ0) is 29.8. The molecule has 1 aliphatic carbocycles. The fourth-order valence-corrected chi connectivity index (χ4v) is 6.19. The van der Waals surface area contributed by atoms with Gasteiger partial charge >= 0.3 is 0 Å². The van der Waals surface area contributed by atoms with Gasteiger partial charge in [-0.3, -0.25) is 14.5 Å². The summed E-state index contributed by atoms with van der Waals surface area (Å²) in [6.07, 6.45) is 3.99. The molecule has 1 heterocycles. The van der Waals surface area contributed by atoms with Crippen LogP contribution in [0.3, 0.4) is 0 Å². The van der Waals surface area contributed by atoms with Crippen molar-refractivity contribution in [3.63, 3.8) is 0 Å². The van der Waals surface area contributed by atoms with Crippen molar-refractivity contribution >= 4 is 34.7 Å². The van der Waals surface area contributed by atoms with E-state index in [-0.39, 0.29) is 28.4 Å².